The SMILES string of the molecule is CC(C)CN1CCC(c2cc3cc(-c4cn[nH]c4)ccc3cn2)CC1. The van der Waals surface area contributed by atoms with Crippen LogP contribution in [0.2, 0.25) is 0 Å². The van der Waals surface area contributed by atoms with E-state index in [1.54, 1.807) is 0 Å². The smallest absolute Gasteiger partial charge is 0.0565 e. The molecule has 0 radical (unpaired) electrons. The Morgan fingerprint density at radius 1 is 1.08 bits per heavy atom. The van der Waals surface area contributed by atoms with Crippen LogP contribution in [0.5, 0.6) is 0 Å². The summed E-state index contributed by atoms with van der Waals surface area (Å²) >= 11 is 0. The van der Waals surface area contributed by atoms with Crippen LogP contribution < -0.4 is 0 Å². The van der Waals surface area contributed by atoms with Gasteiger partial charge in [-0.05, 0) is 54.9 Å². The molecule has 0 atom stereocenters. The number of nitrogens with one attached hydrogen (secondary N) is 1. The van der Waals surface area contributed by atoms with Crippen LogP contribution in [0.3, 0.4) is 0 Å². The summed E-state index contributed by atoms with van der Waals surface area (Å²) in [5, 5.41) is 9.42. The molecular formula is C21H26N4. The Balaban J connectivity index is 1.54. The van der Waals surface area contributed by atoms with Crippen molar-refractivity contribution in [2.75, 3.05) is 19.6 Å². The van der Waals surface area contributed by atoms with E-state index < -0.39 is 0 Å². The Labute approximate surface area is 149 Å². The molecule has 1 fully saturated rings. The minimum atomic E-state index is 0.588. The van der Waals surface area contributed by atoms with Gasteiger partial charge in [0.05, 0.1) is 6.20 Å². The van der Waals surface area contributed by atoms with E-state index in [1.807, 2.05) is 18.6 Å². The maximum absolute atomic E-state index is 4.77. The number of hydrogen-bond donors (Lipinski definition) is 1. The number of nitrogens with zero attached hydrogens (tertiary/aromatic N) is 3. The highest BCUT2D eigenvalue weighted by molar-refractivity contribution is 5.86. The molecule has 1 saturated heterocycles. The van der Waals surface area contributed by atoms with Gasteiger partial charge < -0.3 is 4.90 Å². The summed E-state index contributed by atoms with van der Waals surface area (Å²) in [5.41, 5.74) is 3.58. The van der Waals surface area contributed by atoms with Crippen LogP contribution in [0.25, 0.3) is 21.9 Å². The largest absolute Gasteiger partial charge is 0.303 e. The number of H-pyrrole nitrogens is 1. The second-order valence-electron chi connectivity index (χ2n) is 7.63. The molecule has 3 heterocycles. The molecule has 0 aliphatic carbocycles. The van der Waals surface area contributed by atoms with Crippen molar-refractivity contribution in [3.63, 3.8) is 0 Å². The van der Waals surface area contributed by atoms with Gasteiger partial charge in [0, 0.05) is 41.5 Å². The van der Waals surface area contributed by atoms with E-state index in [4.69, 9.17) is 4.98 Å². The average molecular weight is 334 g/mol. The van der Waals surface area contributed by atoms with Gasteiger partial charge in [0.25, 0.3) is 0 Å². The number of piperidine rings is 1. The van der Waals surface area contributed by atoms with Crippen molar-refractivity contribution in [1.29, 1.82) is 0 Å². The standard InChI is InChI=1S/C21H26N4/c1-15(2)14-25-7-5-16(6-8-25)21-10-19-9-17(20-12-23-24-13-20)3-4-18(19)11-22-21/h3-4,9-13,15-16H,5-8,14H2,1-2H3,(H,23,24). The third-order valence-electron chi connectivity index (χ3n) is 5.20. The minimum absolute atomic E-state index is 0.588. The van der Waals surface area contributed by atoms with Gasteiger partial charge in [-0.1, -0.05) is 26.0 Å². The third kappa shape index (κ3) is 3.59. The van der Waals surface area contributed by atoms with Crippen molar-refractivity contribution in [3.05, 3.63) is 48.5 Å². The number of fused-ring (bicyclic) bond motifs is 1. The molecule has 1 aromatic carbocycles. The summed E-state index contributed by atoms with van der Waals surface area (Å²) in [6.07, 6.45) is 8.27. The van der Waals surface area contributed by atoms with Crippen LogP contribution >= 0.6 is 0 Å². The molecule has 1 aliphatic rings. The molecule has 0 bridgehead atoms. The van der Waals surface area contributed by atoms with Crippen LogP contribution in [0.15, 0.2) is 42.9 Å². The zero-order valence-corrected chi connectivity index (χ0v) is 15.1. The second kappa shape index (κ2) is 6.96. The van der Waals surface area contributed by atoms with Crippen molar-refractivity contribution < 1.29 is 0 Å². The fraction of sp³-hybridized carbons (Fsp3) is 0.429. The summed E-state index contributed by atoms with van der Waals surface area (Å²) in [6.45, 7) is 8.20. The van der Waals surface area contributed by atoms with Crippen molar-refractivity contribution in [2.24, 2.45) is 5.92 Å². The lowest BCUT2D eigenvalue weighted by Crippen LogP contribution is -2.35. The molecule has 3 aromatic rings. The van der Waals surface area contributed by atoms with Crippen LogP contribution in [0.4, 0.5) is 0 Å². The lowest BCUT2D eigenvalue weighted by molar-refractivity contribution is 0.191. The van der Waals surface area contributed by atoms with E-state index in [2.05, 4.69) is 53.2 Å². The fourth-order valence-corrected chi connectivity index (χ4v) is 3.90. The maximum atomic E-state index is 4.77. The normalized spacial score (nSPS) is 16.8. The highest BCUT2D eigenvalue weighted by Gasteiger charge is 2.22. The van der Waals surface area contributed by atoms with Crippen molar-refractivity contribution in [3.8, 4) is 11.1 Å². The van der Waals surface area contributed by atoms with Gasteiger partial charge in [-0.15, -0.1) is 0 Å². The molecule has 1 aliphatic heterocycles. The Morgan fingerprint density at radius 3 is 2.64 bits per heavy atom. The van der Waals surface area contributed by atoms with E-state index in [0.717, 1.165) is 11.5 Å². The predicted octanol–water partition coefficient (Wildman–Crippen LogP) is 4.46. The van der Waals surface area contributed by atoms with E-state index in [-0.39, 0.29) is 0 Å². The third-order valence-corrected chi connectivity index (χ3v) is 5.20. The first-order chi connectivity index (χ1) is 12.2. The van der Waals surface area contributed by atoms with Crippen molar-refractivity contribution in [2.45, 2.75) is 32.6 Å². The predicted molar refractivity (Wildman–Crippen MR) is 103 cm³/mol. The van der Waals surface area contributed by atoms with Crippen molar-refractivity contribution >= 4 is 10.8 Å². The lowest BCUT2D eigenvalue weighted by Gasteiger charge is -2.32. The zero-order chi connectivity index (χ0) is 17.2. The average Bonchev–Trinajstić information content (AvgIpc) is 3.16. The molecule has 4 nitrogen and oxygen atoms in total. The molecule has 4 rings (SSSR count). The van der Waals surface area contributed by atoms with E-state index in [9.17, 15) is 0 Å². The van der Waals surface area contributed by atoms with Crippen LogP contribution in [-0.4, -0.2) is 39.7 Å². The Hall–Kier alpha value is -2.20. The minimum Gasteiger partial charge on any atom is -0.303 e. The molecule has 25 heavy (non-hydrogen) atoms. The van der Waals surface area contributed by atoms with Crippen LogP contribution in [0.1, 0.15) is 38.3 Å². The zero-order valence-electron chi connectivity index (χ0n) is 15.1. The maximum Gasteiger partial charge on any atom is 0.0565 e. The van der Waals surface area contributed by atoms with Gasteiger partial charge in [0.2, 0.25) is 0 Å². The molecule has 2 aromatic heterocycles. The Bertz CT molecular complexity index is 830. The molecule has 0 saturated carbocycles. The quantitative estimate of drug-likeness (QED) is 0.766. The van der Waals surface area contributed by atoms with Gasteiger partial charge in [-0.2, -0.15) is 5.10 Å². The molecular weight excluding hydrogens is 308 g/mol. The first-order valence-electron chi connectivity index (χ1n) is 9.30. The summed E-state index contributed by atoms with van der Waals surface area (Å²) in [7, 11) is 0. The number of aromatic nitrogens is 3. The molecule has 4 heteroatoms. The number of hydrogen-bond acceptors (Lipinski definition) is 3. The number of aromatic amines is 1. The number of benzene rings is 1. The van der Waals surface area contributed by atoms with Gasteiger partial charge in [-0.3, -0.25) is 10.1 Å². The molecule has 0 spiro atoms. The molecule has 0 unspecified atom stereocenters. The van der Waals surface area contributed by atoms with E-state index in [0.29, 0.717) is 5.92 Å². The molecule has 1 N–H and O–H groups in total. The van der Waals surface area contributed by atoms with Crippen molar-refractivity contribution in [1.82, 2.24) is 20.1 Å². The summed E-state index contributed by atoms with van der Waals surface area (Å²) in [6, 6.07) is 8.83. The molecule has 130 valence electrons. The summed E-state index contributed by atoms with van der Waals surface area (Å²) < 4.78 is 0. The lowest BCUT2D eigenvalue weighted by atomic mass is 9.91. The highest BCUT2D eigenvalue weighted by atomic mass is 15.1. The van der Waals surface area contributed by atoms with Crippen LogP contribution in [0, 0.1) is 5.92 Å². The summed E-state index contributed by atoms with van der Waals surface area (Å²) in [4.78, 5) is 7.37. The number of likely N-dealkylation sites (tertiary alicyclic amines) is 1. The van der Waals surface area contributed by atoms with Gasteiger partial charge in [-0.25, -0.2) is 0 Å². The first kappa shape index (κ1) is 16.3. The van der Waals surface area contributed by atoms with Gasteiger partial charge in [0.15, 0.2) is 0 Å². The van der Waals surface area contributed by atoms with Crippen LogP contribution in [-0.2, 0) is 0 Å². The van der Waals surface area contributed by atoms with E-state index >= 15 is 0 Å². The number of rotatable bonds is 4. The Kier molecular flexibility index (Phi) is 4.53. The fourth-order valence-electron chi connectivity index (χ4n) is 3.90. The second-order valence-corrected chi connectivity index (χ2v) is 7.63. The number of pyridine rings is 1. The monoisotopic (exact) mass is 334 g/mol. The Morgan fingerprint density at radius 2 is 1.92 bits per heavy atom. The first-order valence-corrected chi connectivity index (χ1v) is 9.30. The summed E-state index contributed by atoms with van der Waals surface area (Å²) in [5.74, 6) is 1.34. The van der Waals surface area contributed by atoms with E-state index in [1.165, 1.54) is 54.5 Å². The topological polar surface area (TPSA) is 44.8 Å². The van der Waals surface area contributed by atoms with Gasteiger partial charge in [0.1, 0.15) is 0 Å². The molecule has 0 amide bonds. The van der Waals surface area contributed by atoms with Gasteiger partial charge >= 0.3 is 0 Å². The highest BCUT2D eigenvalue weighted by Crippen LogP contribution is 2.30.